The van der Waals surface area contributed by atoms with E-state index in [1.807, 2.05) is 29.7 Å². The summed E-state index contributed by atoms with van der Waals surface area (Å²) in [7, 11) is 0. The summed E-state index contributed by atoms with van der Waals surface area (Å²) in [5.41, 5.74) is 2.16. The minimum absolute atomic E-state index is 0.125. The maximum absolute atomic E-state index is 12.9. The van der Waals surface area contributed by atoms with E-state index in [-0.39, 0.29) is 12.2 Å². The molecule has 31 heavy (non-hydrogen) atoms. The number of unbranched alkanes of at least 4 members (excludes halogenated alkanes) is 5. The van der Waals surface area contributed by atoms with Crippen molar-refractivity contribution in [2.45, 2.75) is 90.4 Å². The summed E-state index contributed by atoms with van der Waals surface area (Å²) in [5, 5.41) is 8.66. The molecule has 0 radical (unpaired) electrons. The number of hydrogen-bond acceptors (Lipinski definition) is 4. The van der Waals surface area contributed by atoms with E-state index >= 15 is 0 Å². The number of nitrogens with zero attached hydrogens (tertiary/aromatic N) is 2. The van der Waals surface area contributed by atoms with Crippen LogP contribution in [0.15, 0.2) is 18.3 Å². The number of rotatable bonds is 13. The van der Waals surface area contributed by atoms with E-state index in [0.717, 1.165) is 62.2 Å². The number of Topliss-reactive ketones (excluding diaryl/α,β-unsaturated/α-hetero) is 1. The summed E-state index contributed by atoms with van der Waals surface area (Å²) in [6, 6.07) is 3.88. The maximum Gasteiger partial charge on any atom is 0.303 e. The van der Waals surface area contributed by atoms with Crippen LogP contribution in [0.25, 0.3) is 5.65 Å². The second-order valence-corrected chi connectivity index (χ2v) is 8.87. The fourth-order valence-corrected chi connectivity index (χ4v) is 4.55. The average molecular weight is 429 g/mol. The average Bonchev–Trinajstić information content (AvgIpc) is 3.11. The predicted octanol–water partition coefficient (Wildman–Crippen LogP) is 5.99. The molecule has 0 aromatic carbocycles. The summed E-state index contributed by atoms with van der Waals surface area (Å²) in [6.07, 6.45) is 14.6. The predicted molar refractivity (Wildman–Crippen MR) is 121 cm³/mol. The van der Waals surface area contributed by atoms with Crippen LogP contribution < -0.4 is 4.74 Å². The Morgan fingerprint density at radius 1 is 1.06 bits per heavy atom. The topological polar surface area (TPSA) is 80.9 Å². The first-order valence-electron chi connectivity index (χ1n) is 11.9. The first-order chi connectivity index (χ1) is 15.1. The van der Waals surface area contributed by atoms with Crippen LogP contribution >= 0.6 is 0 Å². The third-order valence-corrected chi connectivity index (χ3v) is 6.30. The van der Waals surface area contributed by atoms with E-state index in [9.17, 15) is 9.59 Å². The van der Waals surface area contributed by atoms with E-state index < -0.39 is 5.97 Å². The van der Waals surface area contributed by atoms with Gasteiger partial charge in [0.05, 0.1) is 12.3 Å². The van der Waals surface area contributed by atoms with E-state index in [4.69, 9.17) is 9.84 Å². The van der Waals surface area contributed by atoms with Gasteiger partial charge < -0.3 is 9.84 Å². The lowest BCUT2D eigenvalue weighted by molar-refractivity contribution is -0.137. The van der Waals surface area contributed by atoms with Crippen LogP contribution in [0.1, 0.15) is 99.7 Å². The number of hydrogen-bond donors (Lipinski definition) is 1. The molecule has 1 aliphatic carbocycles. The SMILES string of the molecule is Cc1nc2c(OCC3CCCCC3)cccn2c1C(=O)CCCCCCCCC(=O)O. The number of pyridine rings is 1. The Balaban J connectivity index is 1.51. The molecule has 1 saturated carbocycles. The Labute approximate surface area is 185 Å². The van der Waals surface area contributed by atoms with Crippen LogP contribution in [0.4, 0.5) is 0 Å². The number of aliphatic carboxylic acids is 1. The van der Waals surface area contributed by atoms with Crippen molar-refractivity contribution in [3.8, 4) is 5.75 Å². The summed E-state index contributed by atoms with van der Waals surface area (Å²) < 4.78 is 8.02. The Morgan fingerprint density at radius 3 is 2.45 bits per heavy atom. The lowest BCUT2D eigenvalue weighted by Gasteiger charge is -2.21. The van der Waals surface area contributed by atoms with Gasteiger partial charge in [-0.25, -0.2) is 4.98 Å². The van der Waals surface area contributed by atoms with Gasteiger partial charge in [0.2, 0.25) is 0 Å². The van der Waals surface area contributed by atoms with Crippen molar-refractivity contribution >= 4 is 17.4 Å². The molecule has 2 aromatic heterocycles. The molecule has 0 unspecified atom stereocenters. The Hall–Kier alpha value is -2.37. The fourth-order valence-electron chi connectivity index (χ4n) is 4.55. The number of ketones is 1. The van der Waals surface area contributed by atoms with E-state index in [1.54, 1.807) is 0 Å². The quantitative estimate of drug-likeness (QED) is 0.313. The number of ether oxygens (including phenoxy) is 1. The number of carbonyl (C=O) groups excluding carboxylic acids is 1. The molecule has 2 aromatic rings. The molecule has 2 heterocycles. The van der Waals surface area contributed by atoms with Gasteiger partial charge >= 0.3 is 5.97 Å². The highest BCUT2D eigenvalue weighted by atomic mass is 16.5. The second kappa shape index (κ2) is 11.9. The molecular formula is C25H36N2O4. The third-order valence-electron chi connectivity index (χ3n) is 6.30. The highest BCUT2D eigenvalue weighted by Crippen LogP contribution is 2.27. The molecule has 3 rings (SSSR count). The Morgan fingerprint density at radius 2 is 1.74 bits per heavy atom. The van der Waals surface area contributed by atoms with Crippen LogP contribution in [0.5, 0.6) is 5.75 Å². The smallest absolute Gasteiger partial charge is 0.303 e. The van der Waals surface area contributed by atoms with Crippen molar-refractivity contribution in [3.63, 3.8) is 0 Å². The zero-order valence-electron chi connectivity index (χ0n) is 18.8. The summed E-state index contributed by atoms with van der Waals surface area (Å²) in [4.78, 5) is 28.1. The maximum atomic E-state index is 12.9. The van der Waals surface area contributed by atoms with E-state index in [1.165, 1.54) is 32.1 Å². The van der Waals surface area contributed by atoms with Crippen LogP contribution in [0.2, 0.25) is 0 Å². The van der Waals surface area contributed by atoms with Gasteiger partial charge in [-0.05, 0) is 50.7 Å². The fraction of sp³-hybridized carbons (Fsp3) is 0.640. The monoisotopic (exact) mass is 428 g/mol. The van der Waals surface area contributed by atoms with Gasteiger partial charge in [-0.2, -0.15) is 0 Å². The number of carboxylic acids is 1. The number of fused-ring (bicyclic) bond motifs is 1. The standard InChI is InChI=1S/C25H36N2O4/c1-19-24(21(28)14-9-4-2-3-5-10-16-23(29)30)27-17-11-15-22(25(27)26-19)31-18-20-12-7-6-8-13-20/h11,15,17,20H,2-10,12-14,16,18H2,1H3,(H,29,30). The van der Waals surface area contributed by atoms with Gasteiger partial charge in [0.15, 0.2) is 17.2 Å². The number of carboxylic acid groups (broad SMARTS) is 1. The minimum Gasteiger partial charge on any atom is -0.489 e. The molecule has 170 valence electrons. The van der Waals surface area contributed by atoms with Gasteiger partial charge in [0.1, 0.15) is 5.69 Å². The molecule has 1 fully saturated rings. The van der Waals surface area contributed by atoms with Gasteiger partial charge in [-0.1, -0.05) is 44.9 Å². The first-order valence-corrected chi connectivity index (χ1v) is 11.9. The normalized spacial score (nSPS) is 14.7. The largest absolute Gasteiger partial charge is 0.489 e. The van der Waals surface area contributed by atoms with E-state index in [0.29, 0.717) is 18.0 Å². The van der Waals surface area contributed by atoms with Crippen molar-refractivity contribution in [1.82, 2.24) is 9.38 Å². The van der Waals surface area contributed by atoms with Gasteiger partial charge in [-0.15, -0.1) is 0 Å². The zero-order chi connectivity index (χ0) is 22.1. The summed E-state index contributed by atoms with van der Waals surface area (Å²) >= 11 is 0. The van der Waals surface area contributed by atoms with Gasteiger partial charge in [0.25, 0.3) is 0 Å². The highest BCUT2D eigenvalue weighted by molar-refractivity contribution is 5.96. The minimum atomic E-state index is -0.725. The highest BCUT2D eigenvalue weighted by Gasteiger charge is 2.20. The van der Waals surface area contributed by atoms with Crippen LogP contribution in [0.3, 0.4) is 0 Å². The Bertz CT molecular complexity index is 868. The molecule has 1 aliphatic rings. The van der Waals surface area contributed by atoms with Gasteiger partial charge in [-0.3, -0.25) is 14.0 Å². The number of aromatic nitrogens is 2. The molecule has 0 atom stereocenters. The van der Waals surface area contributed by atoms with Crippen molar-refractivity contribution in [2.24, 2.45) is 5.92 Å². The van der Waals surface area contributed by atoms with Crippen molar-refractivity contribution < 1.29 is 19.4 Å². The summed E-state index contributed by atoms with van der Waals surface area (Å²) in [6.45, 7) is 2.62. The Kier molecular flexibility index (Phi) is 8.92. The molecule has 0 saturated heterocycles. The van der Waals surface area contributed by atoms with Crippen molar-refractivity contribution in [1.29, 1.82) is 0 Å². The molecule has 0 aliphatic heterocycles. The van der Waals surface area contributed by atoms with Crippen LogP contribution in [0, 0.1) is 12.8 Å². The first kappa shape index (κ1) is 23.3. The van der Waals surface area contributed by atoms with Crippen LogP contribution in [-0.4, -0.2) is 32.9 Å². The third kappa shape index (κ3) is 6.81. The number of imidazole rings is 1. The van der Waals surface area contributed by atoms with Crippen LogP contribution in [-0.2, 0) is 4.79 Å². The molecule has 6 heteroatoms. The summed E-state index contributed by atoms with van der Waals surface area (Å²) in [5.74, 6) is 0.781. The van der Waals surface area contributed by atoms with Crippen molar-refractivity contribution in [3.05, 3.63) is 29.7 Å². The molecule has 0 amide bonds. The molecular weight excluding hydrogens is 392 g/mol. The molecule has 0 spiro atoms. The molecule has 1 N–H and O–H groups in total. The molecule has 6 nitrogen and oxygen atoms in total. The second-order valence-electron chi connectivity index (χ2n) is 8.87. The van der Waals surface area contributed by atoms with Gasteiger partial charge in [0, 0.05) is 19.0 Å². The van der Waals surface area contributed by atoms with E-state index in [2.05, 4.69) is 4.98 Å². The number of carbonyl (C=O) groups is 2. The lowest BCUT2D eigenvalue weighted by Crippen LogP contribution is -2.15. The van der Waals surface area contributed by atoms with Crippen molar-refractivity contribution in [2.75, 3.05) is 6.61 Å². The number of aryl methyl sites for hydroxylation is 1. The zero-order valence-corrected chi connectivity index (χ0v) is 18.8. The lowest BCUT2D eigenvalue weighted by atomic mass is 9.90. The molecule has 0 bridgehead atoms.